The van der Waals surface area contributed by atoms with Crippen LogP contribution in [0.4, 0.5) is 0 Å². The van der Waals surface area contributed by atoms with E-state index in [2.05, 4.69) is 26.7 Å². The normalized spacial score (nSPS) is 17.2. The summed E-state index contributed by atoms with van der Waals surface area (Å²) in [5.41, 5.74) is 4.45. The molecule has 0 radical (unpaired) electrons. The second-order valence-electron chi connectivity index (χ2n) is 11.2. The lowest BCUT2D eigenvalue weighted by Crippen LogP contribution is -2.44. The molecule has 6 rings (SSSR count). The SMILES string of the molecule is COc1ccccc1-c1cn2c(n1)[C@H](CC1CCCCC1)N(C(=O)Cc1cncn1Cc1ccc(C#N)cc1)CC2. The summed E-state index contributed by atoms with van der Waals surface area (Å²) in [7, 11) is 1.69. The van der Waals surface area contributed by atoms with Gasteiger partial charge in [0.2, 0.25) is 5.91 Å². The average molecular weight is 549 g/mol. The Morgan fingerprint density at radius 1 is 1.07 bits per heavy atom. The van der Waals surface area contributed by atoms with Gasteiger partial charge in [-0.15, -0.1) is 0 Å². The van der Waals surface area contributed by atoms with Gasteiger partial charge in [-0.1, -0.05) is 56.4 Å². The number of rotatable bonds is 8. The Labute approximate surface area is 241 Å². The second-order valence-corrected chi connectivity index (χ2v) is 11.2. The molecule has 1 aliphatic carbocycles. The Bertz CT molecular complexity index is 1540. The molecule has 0 bridgehead atoms. The summed E-state index contributed by atoms with van der Waals surface area (Å²) in [6, 6.07) is 17.6. The van der Waals surface area contributed by atoms with Gasteiger partial charge in [0.1, 0.15) is 11.6 Å². The number of hydrogen-bond donors (Lipinski definition) is 0. The first-order valence-electron chi connectivity index (χ1n) is 14.6. The van der Waals surface area contributed by atoms with Crippen LogP contribution < -0.4 is 4.74 Å². The Hall–Kier alpha value is -4.38. The van der Waals surface area contributed by atoms with Crippen LogP contribution in [0.5, 0.6) is 5.75 Å². The van der Waals surface area contributed by atoms with E-state index in [1.165, 1.54) is 32.1 Å². The van der Waals surface area contributed by atoms with E-state index in [0.29, 0.717) is 24.6 Å². The number of methoxy groups -OCH3 is 1. The first-order chi connectivity index (χ1) is 20.1. The van der Waals surface area contributed by atoms with E-state index in [1.54, 1.807) is 19.6 Å². The van der Waals surface area contributed by atoms with Crippen LogP contribution in [-0.2, 0) is 24.3 Å². The van der Waals surface area contributed by atoms with Crippen molar-refractivity contribution in [1.82, 2.24) is 24.0 Å². The van der Waals surface area contributed by atoms with Crippen molar-refractivity contribution in [1.29, 1.82) is 5.26 Å². The molecule has 0 spiro atoms. The Morgan fingerprint density at radius 3 is 2.66 bits per heavy atom. The maximum atomic E-state index is 14.0. The van der Waals surface area contributed by atoms with Gasteiger partial charge in [-0.2, -0.15) is 5.26 Å². The van der Waals surface area contributed by atoms with Crippen LogP contribution in [0.15, 0.2) is 67.3 Å². The number of amides is 1. The van der Waals surface area contributed by atoms with E-state index >= 15 is 0 Å². The predicted molar refractivity (Wildman–Crippen MR) is 156 cm³/mol. The number of para-hydroxylation sites is 1. The number of carbonyl (C=O) groups is 1. The highest BCUT2D eigenvalue weighted by atomic mass is 16.5. The number of aromatic nitrogens is 4. The van der Waals surface area contributed by atoms with Crippen molar-refractivity contribution in [2.45, 2.75) is 64.1 Å². The van der Waals surface area contributed by atoms with E-state index in [4.69, 9.17) is 15.0 Å². The summed E-state index contributed by atoms with van der Waals surface area (Å²) >= 11 is 0. The van der Waals surface area contributed by atoms with Crippen LogP contribution in [0.1, 0.15) is 67.2 Å². The highest BCUT2D eigenvalue weighted by Gasteiger charge is 2.35. The summed E-state index contributed by atoms with van der Waals surface area (Å²) in [6.07, 6.45) is 13.2. The molecule has 2 aliphatic rings. The summed E-state index contributed by atoms with van der Waals surface area (Å²) < 4.78 is 9.90. The molecule has 0 N–H and O–H groups in total. The molecule has 1 aliphatic heterocycles. The summed E-state index contributed by atoms with van der Waals surface area (Å²) in [5, 5.41) is 9.10. The number of ether oxygens (including phenoxy) is 1. The first-order valence-corrected chi connectivity index (χ1v) is 14.6. The fourth-order valence-corrected chi connectivity index (χ4v) is 6.42. The fraction of sp³-hybridized carbons (Fsp3) is 0.394. The zero-order valence-electron chi connectivity index (χ0n) is 23.6. The third-order valence-corrected chi connectivity index (χ3v) is 8.61. The van der Waals surface area contributed by atoms with Crippen molar-refractivity contribution in [2.24, 2.45) is 5.92 Å². The van der Waals surface area contributed by atoms with Gasteiger partial charge in [0.25, 0.3) is 0 Å². The second kappa shape index (κ2) is 12.0. The number of nitrogens with zero attached hydrogens (tertiary/aromatic N) is 6. The van der Waals surface area contributed by atoms with E-state index < -0.39 is 0 Å². The quantitative estimate of drug-likeness (QED) is 0.279. The van der Waals surface area contributed by atoms with Gasteiger partial charge in [-0.25, -0.2) is 9.97 Å². The number of carbonyl (C=O) groups excluding carboxylic acids is 1. The molecule has 8 heteroatoms. The summed E-state index contributed by atoms with van der Waals surface area (Å²) in [6.45, 7) is 1.98. The van der Waals surface area contributed by atoms with Gasteiger partial charge in [0.05, 0.1) is 43.2 Å². The third kappa shape index (κ3) is 5.76. The summed E-state index contributed by atoms with van der Waals surface area (Å²) in [5.74, 6) is 2.49. The maximum Gasteiger partial charge on any atom is 0.229 e. The van der Waals surface area contributed by atoms with Crippen LogP contribution in [0.3, 0.4) is 0 Å². The standard InChI is InChI=1S/C33H36N6O2/c1-41-31-10-6-5-9-28(31)29-22-37-15-16-39(30(33(37)36-29)17-24-7-3-2-4-8-24)32(40)18-27-20-35-23-38(27)21-26-13-11-25(19-34)12-14-26/h5-6,9-14,20,22-24,30H,2-4,7-8,15-18,21H2,1H3/t30-/m0/s1. The maximum absolute atomic E-state index is 14.0. The first kappa shape index (κ1) is 26.8. The van der Waals surface area contributed by atoms with Gasteiger partial charge in [-0.05, 0) is 42.2 Å². The minimum atomic E-state index is -0.0577. The van der Waals surface area contributed by atoms with Crippen molar-refractivity contribution < 1.29 is 9.53 Å². The molecule has 0 saturated heterocycles. The average Bonchev–Trinajstić information content (AvgIpc) is 3.65. The minimum absolute atomic E-state index is 0.0577. The van der Waals surface area contributed by atoms with Crippen molar-refractivity contribution in [3.05, 3.63) is 89.9 Å². The van der Waals surface area contributed by atoms with Gasteiger partial charge < -0.3 is 18.8 Å². The summed E-state index contributed by atoms with van der Waals surface area (Å²) in [4.78, 5) is 25.6. The zero-order valence-corrected chi connectivity index (χ0v) is 23.6. The molecule has 2 aromatic carbocycles. The molecule has 1 amide bonds. The molecule has 1 atom stereocenters. The molecular weight excluding hydrogens is 512 g/mol. The monoisotopic (exact) mass is 548 g/mol. The Balaban J connectivity index is 1.26. The molecule has 2 aromatic heterocycles. The van der Waals surface area contributed by atoms with Crippen molar-refractivity contribution >= 4 is 5.91 Å². The highest BCUT2D eigenvalue weighted by Crippen LogP contribution is 2.39. The van der Waals surface area contributed by atoms with E-state index in [1.807, 2.05) is 53.1 Å². The van der Waals surface area contributed by atoms with E-state index in [9.17, 15) is 4.79 Å². The lowest BCUT2D eigenvalue weighted by atomic mass is 9.84. The predicted octanol–water partition coefficient (Wildman–Crippen LogP) is 5.77. The van der Waals surface area contributed by atoms with Gasteiger partial charge in [0, 0.05) is 43.3 Å². The molecule has 41 heavy (non-hydrogen) atoms. The topological polar surface area (TPSA) is 89.0 Å². The Kier molecular flexibility index (Phi) is 7.86. The van der Waals surface area contributed by atoms with Crippen LogP contribution >= 0.6 is 0 Å². The molecule has 210 valence electrons. The highest BCUT2D eigenvalue weighted by molar-refractivity contribution is 5.79. The Morgan fingerprint density at radius 2 is 1.88 bits per heavy atom. The van der Waals surface area contributed by atoms with Gasteiger partial charge >= 0.3 is 0 Å². The zero-order chi connectivity index (χ0) is 28.2. The van der Waals surface area contributed by atoms with Crippen LogP contribution in [0.2, 0.25) is 0 Å². The van der Waals surface area contributed by atoms with E-state index in [0.717, 1.165) is 47.1 Å². The van der Waals surface area contributed by atoms with Gasteiger partial charge in [0.15, 0.2) is 0 Å². The molecular formula is C33H36N6O2. The molecule has 1 saturated carbocycles. The molecule has 1 fully saturated rings. The van der Waals surface area contributed by atoms with Crippen LogP contribution in [0.25, 0.3) is 11.3 Å². The number of benzene rings is 2. The smallest absolute Gasteiger partial charge is 0.229 e. The molecule has 8 nitrogen and oxygen atoms in total. The number of nitriles is 1. The third-order valence-electron chi connectivity index (χ3n) is 8.61. The largest absolute Gasteiger partial charge is 0.496 e. The number of imidazole rings is 2. The minimum Gasteiger partial charge on any atom is -0.496 e. The number of hydrogen-bond acceptors (Lipinski definition) is 5. The van der Waals surface area contributed by atoms with Crippen molar-refractivity contribution in [2.75, 3.05) is 13.7 Å². The van der Waals surface area contributed by atoms with Crippen molar-refractivity contribution in [3.8, 4) is 23.1 Å². The molecule has 4 aromatic rings. The fourth-order valence-electron chi connectivity index (χ4n) is 6.42. The van der Waals surface area contributed by atoms with Gasteiger partial charge in [-0.3, -0.25) is 4.79 Å². The molecule has 0 unspecified atom stereocenters. The van der Waals surface area contributed by atoms with Crippen molar-refractivity contribution in [3.63, 3.8) is 0 Å². The number of fused-ring (bicyclic) bond motifs is 1. The lowest BCUT2D eigenvalue weighted by Gasteiger charge is -2.38. The van der Waals surface area contributed by atoms with Crippen LogP contribution in [0, 0.1) is 17.2 Å². The van der Waals surface area contributed by atoms with E-state index in [-0.39, 0.29) is 18.4 Å². The molecule has 3 heterocycles. The van der Waals surface area contributed by atoms with Crippen LogP contribution in [-0.4, -0.2) is 43.6 Å². The lowest BCUT2D eigenvalue weighted by molar-refractivity contribution is -0.134.